The first kappa shape index (κ1) is 10.2. The largest absolute Gasteiger partial charge is 0.508 e. The highest BCUT2D eigenvalue weighted by Gasteiger charge is 2.09. The molecule has 1 N–H and O–H groups in total. The lowest BCUT2D eigenvalue weighted by Gasteiger charge is -1.99. The average molecular weight is 193 g/mol. The number of hydrogen-bond donors (Lipinski definition) is 1. The predicted octanol–water partition coefficient (Wildman–Crippen LogP) is 1.60. The number of ketones is 1. The van der Waals surface area contributed by atoms with Gasteiger partial charge in [0, 0.05) is 5.56 Å². The van der Waals surface area contributed by atoms with Crippen LogP contribution in [0.4, 0.5) is 0 Å². The van der Waals surface area contributed by atoms with Gasteiger partial charge >= 0.3 is 0 Å². The summed E-state index contributed by atoms with van der Waals surface area (Å²) in [6.07, 6.45) is 0. The molecule has 0 amide bonds. The Kier molecular flexibility index (Phi) is 3.23. The molecule has 0 aliphatic carbocycles. The van der Waals surface area contributed by atoms with Gasteiger partial charge in [-0.1, -0.05) is 5.16 Å². The first-order valence-corrected chi connectivity index (χ1v) is 4.06. The number of phenols is 1. The summed E-state index contributed by atoms with van der Waals surface area (Å²) >= 11 is 0. The molecule has 0 saturated carbocycles. The molecule has 0 aliphatic heterocycles. The number of nitrogens with zero attached hydrogens (tertiary/aromatic N) is 1. The molecule has 0 unspecified atom stereocenters. The summed E-state index contributed by atoms with van der Waals surface area (Å²) < 4.78 is 0. The fraction of sp³-hybridized carbons (Fsp3) is 0.200. The average Bonchev–Trinajstić information content (AvgIpc) is 2.18. The van der Waals surface area contributed by atoms with Gasteiger partial charge in [-0.15, -0.1) is 0 Å². The number of oxime groups is 1. The number of aromatic hydroxyl groups is 1. The third-order valence-electron chi connectivity index (χ3n) is 1.69. The zero-order valence-corrected chi connectivity index (χ0v) is 8.02. The number of benzene rings is 1. The summed E-state index contributed by atoms with van der Waals surface area (Å²) in [7, 11) is 1.38. The first-order chi connectivity index (χ1) is 6.65. The minimum Gasteiger partial charge on any atom is -0.508 e. The van der Waals surface area contributed by atoms with E-state index >= 15 is 0 Å². The van der Waals surface area contributed by atoms with Gasteiger partial charge in [0.25, 0.3) is 0 Å². The van der Waals surface area contributed by atoms with E-state index in [-0.39, 0.29) is 17.2 Å². The van der Waals surface area contributed by atoms with E-state index in [1.807, 2.05) is 0 Å². The van der Waals surface area contributed by atoms with Crippen LogP contribution in [0.15, 0.2) is 29.4 Å². The predicted molar refractivity (Wildman–Crippen MR) is 52.6 cm³/mol. The molecule has 0 radical (unpaired) electrons. The molecule has 1 aromatic rings. The zero-order chi connectivity index (χ0) is 10.6. The molecule has 0 atom stereocenters. The smallest absolute Gasteiger partial charge is 0.210 e. The van der Waals surface area contributed by atoms with E-state index in [4.69, 9.17) is 5.11 Å². The highest BCUT2D eigenvalue weighted by atomic mass is 16.6. The van der Waals surface area contributed by atoms with Crippen molar-refractivity contribution in [1.29, 1.82) is 0 Å². The second-order valence-electron chi connectivity index (χ2n) is 2.74. The van der Waals surface area contributed by atoms with E-state index in [0.717, 1.165) is 0 Å². The van der Waals surface area contributed by atoms with Crippen molar-refractivity contribution >= 4 is 11.5 Å². The molecule has 0 bridgehead atoms. The maximum Gasteiger partial charge on any atom is 0.210 e. The van der Waals surface area contributed by atoms with Crippen molar-refractivity contribution in [3.63, 3.8) is 0 Å². The van der Waals surface area contributed by atoms with E-state index in [1.165, 1.54) is 31.4 Å². The maximum atomic E-state index is 11.6. The van der Waals surface area contributed by atoms with Crippen LogP contribution in [0, 0.1) is 0 Å². The molecule has 1 aromatic carbocycles. The fourth-order valence-electron chi connectivity index (χ4n) is 1.00. The Morgan fingerprint density at radius 1 is 1.36 bits per heavy atom. The van der Waals surface area contributed by atoms with Gasteiger partial charge < -0.3 is 9.94 Å². The fourth-order valence-corrected chi connectivity index (χ4v) is 1.00. The number of phenolic OH excluding ortho intramolecular Hbond substituents is 1. The Labute approximate surface area is 81.8 Å². The molecule has 14 heavy (non-hydrogen) atoms. The number of carbonyl (C=O) groups is 1. The first-order valence-electron chi connectivity index (χ1n) is 4.06. The van der Waals surface area contributed by atoms with E-state index in [2.05, 4.69) is 9.99 Å². The molecular formula is C10H11NO3. The van der Waals surface area contributed by atoms with Gasteiger partial charge in [-0.3, -0.25) is 4.79 Å². The molecule has 0 saturated heterocycles. The van der Waals surface area contributed by atoms with Crippen LogP contribution >= 0.6 is 0 Å². The number of hydrogen-bond acceptors (Lipinski definition) is 4. The van der Waals surface area contributed by atoms with E-state index < -0.39 is 0 Å². The second-order valence-corrected chi connectivity index (χ2v) is 2.74. The van der Waals surface area contributed by atoms with Gasteiger partial charge in [-0.25, -0.2) is 0 Å². The summed E-state index contributed by atoms with van der Waals surface area (Å²) in [5.74, 6) is -0.0882. The van der Waals surface area contributed by atoms with Crippen molar-refractivity contribution in [1.82, 2.24) is 0 Å². The van der Waals surface area contributed by atoms with Crippen LogP contribution in [0.25, 0.3) is 0 Å². The Morgan fingerprint density at radius 3 is 2.43 bits per heavy atom. The lowest BCUT2D eigenvalue weighted by molar-refractivity contribution is 0.105. The van der Waals surface area contributed by atoms with Crippen molar-refractivity contribution < 1.29 is 14.7 Å². The van der Waals surface area contributed by atoms with Crippen LogP contribution in [0.5, 0.6) is 5.75 Å². The van der Waals surface area contributed by atoms with Crippen LogP contribution < -0.4 is 0 Å². The minimum atomic E-state index is -0.216. The lowest BCUT2D eigenvalue weighted by atomic mass is 10.1. The van der Waals surface area contributed by atoms with E-state index in [9.17, 15) is 4.79 Å². The molecule has 1 rings (SSSR count). The van der Waals surface area contributed by atoms with Crippen molar-refractivity contribution in [3.05, 3.63) is 29.8 Å². The molecule has 0 spiro atoms. The third-order valence-corrected chi connectivity index (χ3v) is 1.69. The van der Waals surface area contributed by atoms with Crippen LogP contribution in [-0.2, 0) is 4.84 Å². The summed E-state index contributed by atoms with van der Waals surface area (Å²) in [5.41, 5.74) is 0.749. The number of Topliss-reactive ketones (excluding diaryl/α,β-unsaturated/α-hetero) is 1. The Bertz CT molecular complexity index is 354. The van der Waals surface area contributed by atoms with Crippen LogP contribution in [-0.4, -0.2) is 23.7 Å². The zero-order valence-electron chi connectivity index (χ0n) is 8.02. The SMILES string of the molecule is CON=C(C)C(=O)c1ccc(O)cc1. The normalized spacial score (nSPS) is 11.1. The standard InChI is InChI=1S/C10H11NO3/c1-7(11-14-2)10(13)8-3-5-9(12)6-4-8/h3-6,12H,1-2H3. The summed E-state index contributed by atoms with van der Waals surface area (Å²) in [6, 6.07) is 5.97. The highest BCUT2D eigenvalue weighted by molar-refractivity contribution is 6.45. The molecule has 4 heteroatoms. The van der Waals surface area contributed by atoms with E-state index in [1.54, 1.807) is 6.92 Å². The quantitative estimate of drug-likeness (QED) is 0.450. The van der Waals surface area contributed by atoms with Crippen LogP contribution in [0.3, 0.4) is 0 Å². The molecule has 0 aromatic heterocycles. The Hall–Kier alpha value is -1.84. The number of carbonyl (C=O) groups excluding carboxylic acids is 1. The topological polar surface area (TPSA) is 58.9 Å². The summed E-state index contributed by atoms with van der Waals surface area (Å²) in [6.45, 7) is 1.57. The molecule has 4 nitrogen and oxygen atoms in total. The number of rotatable bonds is 3. The summed E-state index contributed by atoms with van der Waals surface area (Å²) in [5, 5.41) is 12.5. The van der Waals surface area contributed by atoms with Crippen LogP contribution in [0.1, 0.15) is 17.3 Å². The van der Waals surface area contributed by atoms with Gasteiger partial charge in [0.05, 0.1) is 0 Å². The minimum absolute atomic E-state index is 0.128. The molecule has 0 heterocycles. The second kappa shape index (κ2) is 4.41. The Balaban J connectivity index is 2.90. The monoisotopic (exact) mass is 193 g/mol. The lowest BCUT2D eigenvalue weighted by Crippen LogP contribution is -2.10. The molecule has 0 fully saturated rings. The van der Waals surface area contributed by atoms with Gasteiger partial charge in [-0.2, -0.15) is 0 Å². The van der Waals surface area contributed by atoms with Crippen molar-refractivity contribution in [2.24, 2.45) is 5.16 Å². The molecular weight excluding hydrogens is 182 g/mol. The molecule has 74 valence electrons. The van der Waals surface area contributed by atoms with Gasteiger partial charge in [0.15, 0.2) is 0 Å². The maximum absolute atomic E-state index is 11.6. The van der Waals surface area contributed by atoms with Gasteiger partial charge in [0.1, 0.15) is 18.6 Å². The van der Waals surface area contributed by atoms with Crippen molar-refractivity contribution in [3.8, 4) is 5.75 Å². The van der Waals surface area contributed by atoms with Crippen molar-refractivity contribution in [2.75, 3.05) is 7.11 Å². The van der Waals surface area contributed by atoms with Crippen molar-refractivity contribution in [2.45, 2.75) is 6.92 Å². The summed E-state index contributed by atoms with van der Waals surface area (Å²) in [4.78, 5) is 16.0. The highest BCUT2D eigenvalue weighted by Crippen LogP contribution is 2.10. The van der Waals surface area contributed by atoms with Crippen LogP contribution in [0.2, 0.25) is 0 Å². The van der Waals surface area contributed by atoms with Gasteiger partial charge in [0.2, 0.25) is 5.78 Å². The van der Waals surface area contributed by atoms with E-state index in [0.29, 0.717) is 5.56 Å². The third kappa shape index (κ3) is 2.32. The molecule has 0 aliphatic rings. The Morgan fingerprint density at radius 2 is 1.93 bits per heavy atom. The van der Waals surface area contributed by atoms with Gasteiger partial charge in [-0.05, 0) is 31.2 Å².